The second kappa shape index (κ2) is 5.99. The molecule has 94 valence electrons. The molecule has 0 aromatic rings. The van der Waals surface area contributed by atoms with Crippen LogP contribution in [0.2, 0.25) is 0 Å². The molecule has 0 radical (unpaired) electrons. The number of hydrogen-bond acceptors (Lipinski definition) is 3. The summed E-state index contributed by atoms with van der Waals surface area (Å²) in [6, 6.07) is 1.39. The molecule has 2 aliphatic rings. The number of rotatable bonds is 6. The van der Waals surface area contributed by atoms with E-state index in [1.807, 2.05) is 7.11 Å². The van der Waals surface area contributed by atoms with Crippen LogP contribution in [0.1, 0.15) is 32.6 Å². The number of nitrogens with zero attached hydrogens (tertiary/aromatic N) is 1. The molecule has 2 fully saturated rings. The highest BCUT2D eigenvalue weighted by atomic mass is 16.5. The highest BCUT2D eigenvalue weighted by Crippen LogP contribution is 2.34. The third kappa shape index (κ3) is 3.19. The lowest BCUT2D eigenvalue weighted by Gasteiger charge is -2.39. The molecule has 2 rings (SSSR count). The van der Waals surface area contributed by atoms with Gasteiger partial charge >= 0.3 is 0 Å². The Morgan fingerprint density at radius 2 is 2.25 bits per heavy atom. The summed E-state index contributed by atoms with van der Waals surface area (Å²) in [5.74, 6) is 0.965. The number of piperazine rings is 1. The molecule has 0 aromatic carbocycles. The van der Waals surface area contributed by atoms with Crippen molar-refractivity contribution in [1.29, 1.82) is 0 Å². The van der Waals surface area contributed by atoms with Crippen LogP contribution in [-0.2, 0) is 4.74 Å². The molecule has 1 N–H and O–H groups in total. The van der Waals surface area contributed by atoms with Crippen LogP contribution in [-0.4, -0.2) is 50.3 Å². The van der Waals surface area contributed by atoms with Gasteiger partial charge in [-0.2, -0.15) is 0 Å². The Morgan fingerprint density at radius 1 is 1.44 bits per heavy atom. The first-order valence-corrected chi connectivity index (χ1v) is 6.81. The van der Waals surface area contributed by atoms with E-state index in [-0.39, 0.29) is 0 Å². The molecule has 0 amide bonds. The van der Waals surface area contributed by atoms with Gasteiger partial charge in [0, 0.05) is 38.8 Å². The number of hydrogen-bond donors (Lipinski definition) is 1. The molecule has 16 heavy (non-hydrogen) atoms. The minimum atomic E-state index is 0.637. The zero-order chi connectivity index (χ0) is 11.4. The summed E-state index contributed by atoms with van der Waals surface area (Å²) in [5.41, 5.74) is 0. The number of methoxy groups -OCH3 is 1. The smallest absolute Gasteiger partial charge is 0.0618 e. The normalized spacial score (nSPS) is 29.2. The molecule has 0 aromatic heterocycles. The maximum atomic E-state index is 5.36. The molecule has 2 atom stereocenters. The van der Waals surface area contributed by atoms with E-state index in [2.05, 4.69) is 17.1 Å². The van der Waals surface area contributed by atoms with Crippen LogP contribution in [0.5, 0.6) is 0 Å². The Kier molecular flexibility index (Phi) is 4.62. The summed E-state index contributed by atoms with van der Waals surface area (Å²) in [7, 11) is 1.82. The Bertz CT molecular complexity index is 200. The van der Waals surface area contributed by atoms with E-state index in [1.54, 1.807) is 0 Å². The fourth-order valence-electron chi connectivity index (χ4n) is 2.84. The first kappa shape index (κ1) is 12.3. The maximum Gasteiger partial charge on any atom is 0.0618 e. The topological polar surface area (TPSA) is 24.5 Å². The average Bonchev–Trinajstić information content (AvgIpc) is 3.13. The van der Waals surface area contributed by atoms with Crippen LogP contribution in [0.4, 0.5) is 0 Å². The van der Waals surface area contributed by atoms with Crippen LogP contribution < -0.4 is 5.32 Å². The summed E-state index contributed by atoms with van der Waals surface area (Å²) >= 11 is 0. The number of nitrogens with one attached hydrogen (secondary N) is 1. The van der Waals surface area contributed by atoms with Crippen molar-refractivity contribution in [3.8, 4) is 0 Å². The summed E-state index contributed by atoms with van der Waals surface area (Å²) in [6.07, 6.45) is 5.40. The Morgan fingerprint density at radius 3 is 2.88 bits per heavy atom. The van der Waals surface area contributed by atoms with Crippen molar-refractivity contribution < 1.29 is 4.74 Å². The third-order valence-corrected chi connectivity index (χ3v) is 3.93. The van der Waals surface area contributed by atoms with Gasteiger partial charge < -0.3 is 10.1 Å². The fraction of sp³-hybridized carbons (Fsp3) is 1.00. The molecular weight excluding hydrogens is 200 g/mol. The Balaban J connectivity index is 1.84. The Labute approximate surface area is 99.5 Å². The van der Waals surface area contributed by atoms with Crippen LogP contribution in [0, 0.1) is 5.92 Å². The quantitative estimate of drug-likeness (QED) is 0.742. The molecule has 3 heteroatoms. The molecule has 2 unspecified atom stereocenters. The zero-order valence-electron chi connectivity index (χ0n) is 10.7. The van der Waals surface area contributed by atoms with E-state index >= 15 is 0 Å². The van der Waals surface area contributed by atoms with Gasteiger partial charge in [-0.05, 0) is 25.2 Å². The van der Waals surface area contributed by atoms with Gasteiger partial charge in [0.05, 0.1) is 6.61 Å². The summed E-state index contributed by atoms with van der Waals surface area (Å²) in [4.78, 5) is 2.65. The fourth-order valence-corrected chi connectivity index (χ4v) is 2.84. The van der Waals surface area contributed by atoms with Crippen LogP contribution >= 0.6 is 0 Å². The van der Waals surface area contributed by atoms with Gasteiger partial charge in [0.2, 0.25) is 0 Å². The van der Waals surface area contributed by atoms with E-state index in [4.69, 9.17) is 4.74 Å². The van der Waals surface area contributed by atoms with Gasteiger partial charge in [0.1, 0.15) is 0 Å². The van der Waals surface area contributed by atoms with Gasteiger partial charge in [-0.25, -0.2) is 0 Å². The third-order valence-electron chi connectivity index (χ3n) is 3.93. The minimum Gasteiger partial charge on any atom is -0.383 e. The lowest BCUT2D eigenvalue weighted by atomic mass is 10.1. The maximum absolute atomic E-state index is 5.36. The number of ether oxygens (including phenoxy) is 1. The van der Waals surface area contributed by atoms with Crippen LogP contribution in [0.25, 0.3) is 0 Å². The van der Waals surface area contributed by atoms with Crippen LogP contribution in [0.3, 0.4) is 0 Å². The molecule has 1 aliphatic heterocycles. The van der Waals surface area contributed by atoms with Crippen molar-refractivity contribution >= 4 is 0 Å². The van der Waals surface area contributed by atoms with E-state index in [0.717, 1.165) is 25.1 Å². The lowest BCUT2D eigenvalue weighted by Crippen LogP contribution is -2.55. The monoisotopic (exact) mass is 226 g/mol. The van der Waals surface area contributed by atoms with Crippen molar-refractivity contribution in [2.24, 2.45) is 5.92 Å². The lowest BCUT2D eigenvalue weighted by molar-refractivity contribution is 0.0616. The van der Waals surface area contributed by atoms with E-state index in [0.29, 0.717) is 6.04 Å². The molecule has 3 nitrogen and oxygen atoms in total. The van der Waals surface area contributed by atoms with E-state index in [9.17, 15) is 0 Å². The molecular formula is C13H26N2O. The first-order chi connectivity index (χ1) is 7.85. The molecule has 1 saturated heterocycles. The van der Waals surface area contributed by atoms with Crippen molar-refractivity contribution in [3.05, 3.63) is 0 Å². The van der Waals surface area contributed by atoms with Gasteiger partial charge in [0.15, 0.2) is 0 Å². The summed E-state index contributed by atoms with van der Waals surface area (Å²) < 4.78 is 5.36. The molecule has 0 bridgehead atoms. The molecule has 1 aliphatic carbocycles. The van der Waals surface area contributed by atoms with E-state index in [1.165, 1.54) is 38.8 Å². The molecule has 1 heterocycles. The zero-order valence-corrected chi connectivity index (χ0v) is 10.7. The average molecular weight is 226 g/mol. The van der Waals surface area contributed by atoms with Crippen molar-refractivity contribution in [2.75, 3.05) is 33.4 Å². The van der Waals surface area contributed by atoms with Crippen molar-refractivity contribution in [3.63, 3.8) is 0 Å². The highest BCUT2D eigenvalue weighted by Gasteiger charge is 2.35. The van der Waals surface area contributed by atoms with Gasteiger partial charge in [-0.15, -0.1) is 0 Å². The van der Waals surface area contributed by atoms with Gasteiger partial charge in [-0.3, -0.25) is 4.90 Å². The predicted molar refractivity (Wildman–Crippen MR) is 66.7 cm³/mol. The Hall–Kier alpha value is -0.120. The SMILES string of the molecule is CCCC(COC)N1CCNC(C2CC2)C1. The van der Waals surface area contributed by atoms with E-state index < -0.39 is 0 Å². The second-order valence-corrected chi connectivity index (χ2v) is 5.29. The van der Waals surface area contributed by atoms with Crippen molar-refractivity contribution in [2.45, 2.75) is 44.7 Å². The van der Waals surface area contributed by atoms with Gasteiger partial charge in [0.25, 0.3) is 0 Å². The standard InChI is InChI=1S/C13H26N2O/c1-3-4-12(10-16-2)15-8-7-14-13(9-15)11-5-6-11/h11-14H,3-10H2,1-2H3. The largest absolute Gasteiger partial charge is 0.383 e. The highest BCUT2D eigenvalue weighted by molar-refractivity contribution is 4.92. The first-order valence-electron chi connectivity index (χ1n) is 6.81. The minimum absolute atomic E-state index is 0.637. The predicted octanol–water partition coefficient (Wildman–Crippen LogP) is 1.49. The second-order valence-electron chi connectivity index (χ2n) is 5.29. The molecule has 0 spiro atoms. The summed E-state index contributed by atoms with van der Waals surface area (Å²) in [5, 5.41) is 3.67. The van der Waals surface area contributed by atoms with Crippen LogP contribution in [0.15, 0.2) is 0 Å². The summed E-state index contributed by atoms with van der Waals surface area (Å²) in [6.45, 7) is 6.75. The van der Waals surface area contributed by atoms with Gasteiger partial charge in [-0.1, -0.05) is 13.3 Å². The molecule has 1 saturated carbocycles. The van der Waals surface area contributed by atoms with Crippen molar-refractivity contribution in [1.82, 2.24) is 10.2 Å².